The van der Waals surface area contributed by atoms with Crippen LogP contribution in [0.1, 0.15) is 13.8 Å². The number of nitrogens with zero attached hydrogens (tertiary/aromatic N) is 2. The Bertz CT molecular complexity index is 841. The first kappa shape index (κ1) is 16.8. The van der Waals surface area contributed by atoms with E-state index < -0.39 is 0 Å². The fourth-order valence-corrected chi connectivity index (χ4v) is 2.72. The first-order valence-corrected chi connectivity index (χ1v) is 8.42. The Morgan fingerprint density at radius 1 is 1.16 bits per heavy atom. The van der Waals surface area contributed by atoms with Gasteiger partial charge in [-0.2, -0.15) is 5.10 Å². The Morgan fingerprint density at radius 2 is 1.92 bits per heavy atom. The second-order valence-electron chi connectivity index (χ2n) is 5.62. The van der Waals surface area contributed by atoms with E-state index in [1.54, 1.807) is 0 Å². The van der Waals surface area contributed by atoms with Gasteiger partial charge in [-0.05, 0) is 44.2 Å². The van der Waals surface area contributed by atoms with E-state index in [0.29, 0.717) is 11.6 Å². The maximum atomic E-state index is 12.2. The van der Waals surface area contributed by atoms with Gasteiger partial charge in [0, 0.05) is 24.2 Å². The van der Waals surface area contributed by atoms with Crippen LogP contribution >= 0.6 is 0 Å². The molecule has 0 aliphatic heterocycles. The van der Waals surface area contributed by atoms with Crippen molar-refractivity contribution in [2.24, 2.45) is 0 Å². The molecule has 0 spiro atoms. The highest BCUT2D eigenvalue weighted by molar-refractivity contribution is 6.01. The number of benzene rings is 2. The fraction of sp³-hybridized carbons (Fsp3) is 0.263. The third-order valence-electron chi connectivity index (χ3n) is 4.05. The summed E-state index contributed by atoms with van der Waals surface area (Å²) in [5.41, 5.74) is 1.99. The number of ether oxygens (including phenoxy) is 1. The number of para-hydroxylation sites is 1. The lowest BCUT2D eigenvalue weighted by Gasteiger charge is -2.20. The summed E-state index contributed by atoms with van der Waals surface area (Å²) in [5.74, 6) is 0.935. The molecule has 0 fully saturated rings. The maximum absolute atomic E-state index is 12.2. The third kappa shape index (κ3) is 3.91. The smallest absolute Gasteiger partial charge is 0.263 e. The summed E-state index contributed by atoms with van der Waals surface area (Å²) in [6.07, 6.45) is 0. The Balaban J connectivity index is 1.72. The Hall–Kier alpha value is -3.02. The van der Waals surface area contributed by atoms with Gasteiger partial charge in [-0.1, -0.05) is 18.2 Å². The average Bonchev–Trinajstić information content (AvgIpc) is 3.04. The lowest BCUT2D eigenvalue weighted by atomic mass is 10.2. The minimum Gasteiger partial charge on any atom is -0.484 e. The summed E-state index contributed by atoms with van der Waals surface area (Å²) < 4.78 is 5.47. The third-order valence-corrected chi connectivity index (χ3v) is 4.05. The number of rotatable bonds is 7. The van der Waals surface area contributed by atoms with E-state index in [4.69, 9.17) is 4.74 Å². The van der Waals surface area contributed by atoms with Crippen LogP contribution in [0.3, 0.4) is 0 Å². The van der Waals surface area contributed by atoms with Crippen LogP contribution in [-0.4, -0.2) is 35.8 Å². The highest BCUT2D eigenvalue weighted by Gasteiger charge is 2.12. The summed E-state index contributed by atoms with van der Waals surface area (Å²) in [6, 6.07) is 15.3. The fourth-order valence-electron chi connectivity index (χ4n) is 2.72. The van der Waals surface area contributed by atoms with Gasteiger partial charge in [-0.25, -0.2) is 0 Å². The number of H-pyrrole nitrogens is 1. The summed E-state index contributed by atoms with van der Waals surface area (Å²) in [7, 11) is 0. The molecule has 0 saturated heterocycles. The predicted molar refractivity (Wildman–Crippen MR) is 100 cm³/mol. The second kappa shape index (κ2) is 7.70. The molecule has 0 aliphatic carbocycles. The zero-order chi connectivity index (χ0) is 17.6. The summed E-state index contributed by atoms with van der Waals surface area (Å²) in [4.78, 5) is 14.4. The van der Waals surface area contributed by atoms with Crippen molar-refractivity contribution in [3.63, 3.8) is 0 Å². The van der Waals surface area contributed by atoms with Gasteiger partial charge >= 0.3 is 0 Å². The first-order valence-electron chi connectivity index (χ1n) is 8.42. The van der Waals surface area contributed by atoms with Crippen LogP contribution in [0, 0.1) is 0 Å². The van der Waals surface area contributed by atoms with Crippen LogP contribution in [0.15, 0.2) is 48.5 Å². The highest BCUT2D eigenvalue weighted by atomic mass is 16.5. The van der Waals surface area contributed by atoms with Crippen LogP contribution in [0.2, 0.25) is 0 Å². The molecule has 2 N–H and O–H groups in total. The predicted octanol–water partition coefficient (Wildman–Crippen LogP) is 3.43. The van der Waals surface area contributed by atoms with Gasteiger partial charge in [0.2, 0.25) is 0 Å². The van der Waals surface area contributed by atoms with Crippen LogP contribution in [0.25, 0.3) is 10.9 Å². The number of carbonyl (C=O) groups is 1. The van der Waals surface area contributed by atoms with E-state index in [1.165, 1.54) is 0 Å². The second-order valence-corrected chi connectivity index (χ2v) is 5.62. The maximum Gasteiger partial charge on any atom is 0.263 e. The van der Waals surface area contributed by atoms with E-state index in [-0.39, 0.29) is 12.5 Å². The molecule has 0 atom stereocenters. The molecule has 0 bridgehead atoms. The Morgan fingerprint density at radius 3 is 2.64 bits per heavy atom. The quantitative estimate of drug-likeness (QED) is 0.692. The number of hydrogen-bond acceptors (Lipinski definition) is 4. The molecule has 0 saturated carbocycles. The summed E-state index contributed by atoms with van der Waals surface area (Å²) >= 11 is 0. The molecule has 130 valence electrons. The van der Waals surface area contributed by atoms with Gasteiger partial charge in [-0.3, -0.25) is 9.89 Å². The van der Waals surface area contributed by atoms with Gasteiger partial charge < -0.3 is 15.0 Å². The molecule has 0 aliphatic rings. The minimum absolute atomic E-state index is 0.0614. The number of nitrogens with one attached hydrogen (secondary N) is 2. The van der Waals surface area contributed by atoms with Gasteiger partial charge in [0.15, 0.2) is 12.4 Å². The van der Waals surface area contributed by atoms with Crippen molar-refractivity contribution in [1.29, 1.82) is 0 Å². The average molecular weight is 338 g/mol. The SMILES string of the molecule is CCN(CC)c1ccc2[nH]nc(NC(=O)COc3ccccc3)c2c1. The number of amides is 1. The molecular weight excluding hydrogens is 316 g/mol. The monoisotopic (exact) mass is 338 g/mol. The zero-order valence-corrected chi connectivity index (χ0v) is 14.5. The van der Waals surface area contributed by atoms with Gasteiger partial charge in [0.1, 0.15) is 5.75 Å². The highest BCUT2D eigenvalue weighted by Crippen LogP contribution is 2.26. The lowest BCUT2D eigenvalue weighted by Crippen LogP contribution is -2.22. The van der Waals surface area contributed by atoms with Gasteiger partial charge in [-0.15, -0.1) is 0 Å². The molecule has 25 heavy (non-hydrogen) atoms. The van der Waals surface area contributed by atoms with E-state index in [9.17, 15) is 4.79 Å². The molecule has 1 aromatic heterocycles. The van der Waals surface area contributed by atoms with Gasteiger partial charge in [0.25, 0.3) is 5.91 Å². The van der Waals surface area contributed by atoms with E-state index >= 15 is 0 Å². The molecule has 0 radical (unpaired) electrons. The standard InChI is InChI=1S/C19H22N4O2/c1-3-23(4-2)14-10-11-17-16(12-14)19(22-21-17)20-18(24)13-25-15-8-6-5-7-9-15/h5-12H,3-4,13H2,1-2H3,(H2,20,21,22,24). The molecular formula is C19H22N4O2. The molecule has 6 nitrogen and oxygen atoms in total. The van der Waals surface area contributed by atoms with Crippen molar-refractivity contribution in [1.82, 2.24) is 10.2 Å². The topological polar surface area (TPSA) is 70.2 Å². The number of carbonyl (C=O) groups excluding carboxylic acids is 1. The molecule has 6 heteroatoms. The number of hydrogen-bond donors (Lipinski definition) is 2. The molecule has 3 rings (SSSR count). The summed E-state index contributed by atoms with van der Waals surface area (Å²) in [6.45, 7) is 6.02. The van der Waals surface area contributed by atoms with E-state index in [0.717, 1.165) is 29.7 Å². The number of aromatic amines is 1. The number of fused-ring (bicyclic) bond motifs is 1. The van der Waals surface area contributed by atoms with Crippen molar-refractivity contribution in [2.75, 3.05) is 29.9 Å². The molecule has 3 aromatic rings. The van der Waals surface area contributed by atoms with Crippen molar-refractivity contribution in [2.45, 2.75) is 13.8 Å². The number of anilines is 2. The van der Waals surface area contributed by atoms with Crippen LogP contribution in [0.5, 0.6) is 5.75 Å². The van der Waals surface area contributed by atoms with Gasteiger partial charge in [0.05, 0.1) is 5.52 Å². The van der Waals surface area contributed by atoms with Crippen molar-refractivity contribution >= 4 is 28.3 Å². The molecule has 0 unspecified atom stereocenters. The summed E-state index contributed by atoms with van der Waals surface area (Å²) in [5, 5.41) is 10.9. The van der Waals surface area contributed by atoms with Crippen LogP contribution in [-0.2, 0) is 4.79 Å². The first-order chi connectivity index (χ1) is 12.2. The normalized spacial score (nSPS) is 10.6. The molecule has 1 heterocycles. The van der Waals surface area contributed by atoms with Crippen LogP contribution < -0.4 is 15.0 Å². The van der Waals surface area contributed by atoms with Crippen LogP contribution in [0.4, 0.5) is 11.5 Å². The lowest BCUT2D eigenvalue weighted by molar-refractivity contribution is -0.118. The Kier molecular flexibility index (Phi) is 5.18. The molecule has 2 aromatic carbocycles. The zero-order valence-electron chi connectivity index (χ0n) is 14.5. The van der Waals surface area contributed by atoms with E-state index in [1.807, 2.05) is 42.5 Å². The van der Waals surface area contributed by atoms with Crippen molar-refractivity contribution < 1.29 is 9.53 Å². The largest absolute Gasteiger partial charge is 0.484 e. The van der Waals surface area contributed by atoms with Crippen molar-refractivity contribution in [3.05, 3.63) is 48.5 Å². The van der Waals surface area contributed by atoms with Crippen molar-refractivity contribution in [3.8, 4) is 5.75 Å². The molecule has 1 amide bonds. The number of aromatic nitrogens is 2. The Labute approximate surface area is 146 Å². The minimum atomic E-state index is -0.245. The van der Waals surface area contributed by atoms with E-state index in [2.05, 4.69) is 40.3 Å².